The predicted molar refractivity (Wildman–Crippen MR) is 73.4 cm³/mol. The van der Waals surface area contributed by atoms with Gasteiger partial charge in [0.1, 0.15) is 5.82 Å². The van der Waals surface area contributed by atoms with Crippen LogP contribution in [-0.2, 0) is 0 Å². The van der Waals surface area contributed by atoms with Gasteiger partial charge in [-0.3, -0.25) is 0 Å². The Morgan fingerprint density at radius 3 is 2.44 bits per heavy atom. The van der Waals surface area contributed by atoms with Crippen molar-refractivity contribution in [2.24, 2.45) is 5.73 Å². The lowest BCUT2D eigenvalue weighted by Crippen LogP contribution is -2.16. The highest BCUT2D eigenvalue weighted by Gasteiger charge is 2.18. The molecule has 1 nitrogen and oxygen atoms in total. The van der Waals surface area contributed by atoms with Crippen molar-refractivity contribution >= 4 is 11.6 Å². The third-order valence-corrected chi connectivity index (χ3v) is 3.62. The maximum atomic E-state index is 13.9. The van der Waals surface area contributed by atoms with Gasteiger partial charge in [-0.05, 0) is 42.7 Å². The molecule has 0 bridgehead atoms. The smallest absolute Gasteiger partial charge is 0.129 e. The van der Waals surface area contributed by atoms with E-state index in [9.17, 15) is 4.39 Å². The van der Waals surface area contributed by atoms with Crippen LogP contribution in [0.25, 0.3) is 0 Å². The molecule has 2 rings (SSSR count). The van der Waals surface area contributed by atoms with Crippen LogP contribution in [-0.4, -0.2) is 0 Å². The van der Waals surface area contributed by atoms with Crippen molar-refractivity contribution in [2.75, 3.05) is 0 Å². The second kappa shape index (κ2) is 5.09. The van der Waals surface area contributed by atoms with E-state index >= 15 is 0 Å². The molecule has 0 saturated heterocycles. The molecule has 2 N–H and O–H groups in total. The normalized spacial score (nSPS) is 12.5. The molecule has 94 valence electrons. The van der Waals surface area contributed by atoms with Gasteiger partial charge in [-0.1, -0.05) is 35.9 Å². The van der Waals surface area contributed by atoms with E-state index in [2.05, 4.69) is 0 Å². The molecule has 3 heteroatoms. The van der Waals surface area contributed by atoms with E-state index in [0.717, 1.165) is 16.7 Å². The standard InChI is InChI=1S/C15H15ClFN/c1-9-5-3-6-11(10(9)2)15(18)14-12(16)7-4-8-13(14)17/h3-8,15H,18H2,1-2H3. The molecule has 0 aliphatic carbocycles. The van der Waals surface area contributed by atoms with Gasteiger partial charge in [0.2, 0.25) is 0 Å². The maximum absolute atomic E-state index is 13.9. The monoisotopic (exact) mass is 263 g/mol. The quantitative estimate of drug-likeness (QED) is 0.866. The summed E-state index contributed by atoms with van der Waals surface area (Å²) in [6.07, 6.45) is 0. The summed E-state index contributed by atoms with van der Waals surface area (Å²) in [6.45, 7) is 3.99. The highest BCUT2D eigenvalue weighted by molar-refractivity contribution is 6.31. The van der Waals surface area contributed by atoms with Crippen LogP contribution in [0.4, 0.5) is 4.39 Å². The Balaban J connectivity index is 2.55. The summed E-state index contributed by atoms with van der Waals surface area (Å²) in [5.41, 5.74) is 9.63. The SMILES string of the molecule is Cc1cccc(C(N)c2c(F)cccc2Cl)c1C. The molecule has 1 unspecified atom stereocenters. The molecule has 0 heterocycles. The second-order valence-electron chi connectivity index (χ2n) is 4.40. The Morgan fingerprint density at radius 1 is 1.11 bits per heavy atom. The van der Waals surface area contributed by atoms with E-state index in [1.165, 1.54) is 6.07 Å². The molecule has 0 aliphatic rings. The fraction of sp³-hybridized carbons (Fsp3) is 0.200. The number of hydrogen-bond acceptors (Lipinski definition) is 1. The second-order valence-corrected chi connectivity index (χ2v) is 4.81. The van der Waals surface area contributed by atoms with Crippen molar-refractivity contribution in [1.29, 1.82) is 0 Å². The first kappa shape index (κ1) is 13.1. The minimum atomic E-state index is -0.543. The van der Waals surface area contributed by atoms with E-state index < -0.39 is 6.04 Å². The fourth-order valence-corrected chi connectivity index (χ4v) is 2.35. The van der Waals surface area contributed by atoms with Crippen molar-refractivity contribution in [3.63, 3.8) is 0 Å². The average molecular weight is 264 g/mol. The minimum absolute atomic E-state index is 0.355. The topological polar surface area (TPSA) is 26.0 Å². The molecule has 0 fully saturated rings. The van der Waals surface area contributed by atoms with E-state index in [0.29, 0.717) is 10.6 Å². The van der Waals surface area contributed by atoms with Crippen molar-refractivity contribution < 1.29 is 4.39 Å². The highest BCUT2D eigenvalue weighted by Crippen LogP contribution is 2.31. The summed E-state index contributed by atoms with van der Waals surface area (Å²) >= 11 is 6.05. The summed E-state index contributed by atoms with van der Waals surface area (Å²) in [7, 11) is 0. The van der Waals surface area contributed by atoms with Gasteiger partial charge in [0.05, 0.1) is 6.04 Å². The number of halogens is 2. The zero-order valence-electron chi connectivity index (χ0n) is 10.4. The summed E-state index contributed by atoms with van der Waals surface area (Å²) in [5, 5.41) is 0.364. The molecule has 0 aromatic heterocycles. The Labute approximate surface area is 111 Å². The Hall–Kier alpha value is -1.38. The van der Waals surface area contributed by atoms with Gasteiger partial charge in [0, 0.05) is 10.6 Å². The van der Waals surface area contributed by atoms with Gasteiger partial charge < -0.3 is 5.73 Å². The van der Waals surface area contributed by atoms with Crippen LogP contribution in [0.5, 0.6) is 0 Å². The van der Waals surface area contributed by atoms with E-state index in [4.69, 9.17) is 17.3 Å². The predicted octanol–water partition coefficient (Wildman–Crippen LogP) is 4.14. The fourth-order valence-electron chi connectivity index (χ4n) is 2.07. The van der Waals surface area contributed by atoms with E-state index in [-0.39, 0.29) is 5.82 Å². The molecule has 2 aromatic rings. The van der Waals surface area contributed by atoms with Gasteiger partial charge in [-0.2, -0.15) is 0 Å². The van der Waals surface area contributed by atoms with Crippen LogP contribution in [0.15, 0.2) is 36.4 Å². The van der Waals surface area contributed by atoms with Crippen molar-refractivity contribution in [1.82, 2.24) is 0 Å². The lowest BCUT2D eigenvalue weighted by atomic mass is 9.93. The van der Waals surface area contributed by atoms with Crippen molar-refractivity contribution in [3.05, 3.63) is 69.5 Å². The molecule has 18 heavy (non-hydrogen) atoms. The van der Waals surface area contributed by atoms with Crippen LogP contribution in [0, 0.1) is 19.7 Å². The number of aryl methyl sites for hydroxylation is 1. The van der Waals surface area contributed by atoms with Gasteiger partial charge in [-0.25, -0.2) is 4.39 Å². The number of hydrogen-bond donors (Lipinski definition) is 1. The zero-order valence-corrected chi connectivity index (χ0v) is 11.1. The van der Waals surface area contributed by atoms with Crippen LogP contribution >= 0.6 is 11.6 Å². The molecule has 0 aliphatic heterocycles. The van der Waals surface area contributed by atoms with Gasteiger partial charge in [-0.15, -0.1) is 0 Å². The molecule has 0 saturated carbocycles. The summed E-state index contributed by atoms with van der Waals surface area (Å²) in [5.74, 6) is -0.365. The molecular weight excluding hydrogens is 249 g/mol. The number of rotatable bonds is 2. The number of benzene rings is 2. The largest absolute Gasteiger partial charge is 0.320 e. The summed E-state index contributed by atoms with van der Waals surface area (Å²) in [6, 6.07) is 9.92. The number of nitrogens with two attached hydrogens (primary N) is 1. The van der Waals surface area contributed by atoms with E-state index in [1.54, 1.807) is 12.1 Å². The zero-order chi connectivity index (χ0) is 13.3. The highest BCUT2D eigenvalue weighted by atomic mass is 35.5. The molecular formula is C15H15ClFN. The first-order chi connectivity index (χ1) is 8.52. The third kappa shape index (κ3) is 2.26. The average Bonchev–Trinajstić information content (AvgIpc) is 2.32. The van der Waals surface area contributed by atoms with Gasteiger partial charge in [0.25, 0.3) is 0 Å². The van der Waals surface area contributed by atoms with Crippen molar-refractivity contribution in [3.8, 4) is 0 Å². The molecule has 0 spiro atoms. The summed E-state index contributed by atoms with van der Waals surface area (Å²) in [4.78, 5) is 0. The molecule has 0 amide bonds. The maximum Gasteiger partial charge on any atom is 0.129 e. The Morgan fingerprint density at radius 2 is 1.78 bits per heavy atom. The van der Waals surface area contributed by atoms with E-state index in [1.807, 2.05) is 32.0 Å². The van der Waals surface area contributed by atoms with Crippen LogP contribution in [0.3, 0.4) is 0 Å². The van der Waals surface area contributed by atoms with Gasteiger partial charge in [0.15, 0.2) is 0 Å². The lowest BCUT2D eigenvalue weighted by molar-refractivity contribution is 0.599. The van der Waals surface area contributed by atoms with Crippen LogP contribution in [0.1, 0.15) is 28.3 Å². The minimum Gasteiger partial charge on any atom is -0.320 e. The Kier molecular flexibility index (Phi) is 3.69. The first-order valence-corrected chi connectivity index (χ1v) is 6.15. The lowest BCUT2D eigenvalue weighted by Gasteiger charge is -2.18. The molecule has 1 atom stereocenters. The van der Waals surface area contributed by atoms with Crippen molar-refractivity contribution in [2.45, 2.75) is 19.9 Å². The molecule has 0 radical (unpaired) electrons. The van der Waals surface area contributed by atoms with Gasteiger partial charge >= 0.3 is 0 Å². The third-order valence-electron chi connectivity index (χ3n) is 3.29. The van der Waals surface area contributed by atoms with Crippen LogP contribution in [0.2, 0.25) is 5.02 Å². The Bertz CT molecular complexity index is 560. The summed E-state index contributed by atoms with van der Waals surface area (Å²) < 4.78 is 13.9. The molecule has 2 aromatic carbocycles. The first-order valence-electron chi connectivity index (χ1n) is 5.78. The van der Waals surface area contributed by atoms with Crippen LogP contribution < -0.4 is 5.73 Å².